The molecule has 1 aliphatic rings. The van der Waals surface area contributed by atoms with E-state index in [1.54, 1.807) is 23.7 Å². The summed E-state index contributed by atoms with van der Waals surface area (Å²) in [7, 11) is 0. The van der Waals surface area contributed by atoms with Gasteiger partial charge >= 0.3 is 11.9 Å². The number of cyclic esters (lactones) is 1. The van der Waals surface area contributed by atoms with E-state index in [1.807, 2.05) is 30.3 Å². The molecule has 5 rings (SSSR count). The lowest BCUT2D eigenvalue weighted by Gasteiger charge is -2.25. The Balaban J connectivity index is 1.34. The summed E-state index contributed by atoms with van der Waals surface area (Å²) in [5.41, 5.74) is 2.56. The molecule has 1 atom stereocenters. The van der Waals surface area contributed by atoms with Gasteiger partial charge in [0.2, 0.25) is 0 Å². The first-order valence-corrected chi connectivity index (χ1v) is 10.5. The van der Waals surface area contributed by atoms with E-state index in [0.717, 1.165) is 11.1 Å². The molecule has 1 aliphatic heterocycles. The number of benzene rings is 2. The average Bonchev–Trinajstić information content (AvgIpc) is 3.27. The van der Waals surface area contributed by atoms with Crippen LogP contribution in [0.2, 0.25) is 0 Å². The zero-order valence-electron chi connectivity index (χ0n) is 16.2. The lowest BCUT2D eigenvalue weighted by Crippen LogP contribution is -2.22. The average molecular weight is 432 g/mol. The van der Waals surface area contributed by atoms with Gasteiger partial charge in [-0.15, -0.1) is 11.3 Å². The topological polar surface area (TPSA) is 87.0 Å². The predicted molar refractivity (Wildman–Crippen MR) is 113 cm³/mol. The number of carbonyl (C=O) groups is 2. The molecule has 0 aliphatic carbocycles. The van der Waals surface area contributed by atoms with Gasteiger partial charge < -0.3 is 9.47 Å². The number of aromatic nitrogens is 2. The Morgan fingerprint density at radius 1 is 1.16 bits per heavy atom. The molecule has 7 nitrogen and oxygen atoms in total. The summed E-state index contributed by atoms with van der Waals surface area (Å²) in [5.74, 6) is -0.963. The van der Waals surface area contributed by atoms with Gasteiger partial charge in [-0.2, -0.15) is 0 Å². The van der Waals surface area contributed by atoms with E-state index in [1.165, 1.54) is 27.9 Å². The first kappa shape index (κ1) is 19.2. The van der Waals surface area contributed by atoms with Crippen LogP contribution in [0.25, 0.3) is 4.96 Å². The van der Waals surface area contributed by atoms with Gasteiger partial charge in [-0.3, -0.25) is 9.20 Å². The molecule has 0 bridgehead atoms. The van der Waals surface area contributed by atoms with Crippen LogP contribution >= 0.6 is 11.3 Å². The van der Waals surface area contributed by atoms with Crippen LogP contribution < -0.4 is 5.56 Å². The van der Waals surface area contributed by atoms with E-state index in [4.69, 9.17) is 9.47 Å². The summed E-state index contributed by atoms with van der Waals surface area (Å²) in [5, 5.41) is 1.76. The van der Waals surface area contributed by atoms with Crippen molar-refractivity contribution in [3.05, 3.63) is 104 Å². The van der Waals surface area contributed by atoms with Gasteiger partial charge in [0, 0.05) is 24.1 Å². The zero-order valence-corrected chi connectivity index (χ0v) is 17.0. The van der Waals surface area contributed by atoms with Gasteiger partial charge in [-0.1, -0.05) is 30.3 Å². The van der Waals surface area contributed by atoms with Crippen molar-refractivity contribution in [2.75, 3.05) is 0 Å². The molecular weight excluding hydrogens is 416 g/mol. The van der Waals surface area contributed by atoms with Gasteiger partial charge in [0.15, 0.2) is 4.96 Å². The van der Waals surface area contributed by atoms with Crippen LogP contribution in [-0.4, -0.2) is 21.3 Å². The Morgan fingerprint density at radius 3 is 2.84 bits per heavy atom. The number of thiazole rings is 1. The Hall–Kier alpha value is -3.78. The second-order valence-electron chi connectivity index (χ2n) is 7.10. The highest BCUT2D eigenvalue weighted by molar-refractivity contribution is 7.15. The fourth-order valence-electron chi connectivity index (χ4n) is 3.56. The number of hydrogen-bond donors (Lipinski definition) is 0. The number of hydrogen-bond acceptors (Lipinski definition) is 7. The molecule has 8 heteroatoms. The van der Waals surface area contributed by atoms with Crippen molar-refractivity contribution < 1.29 is 19.1 Å². The van der Waals surface area contributed by atoms with Gasteiger partial charge in [-0.25, -0.2) is 14.6 Å². The lowest BCUT2D eigenvalue weighted by molar-refractivity contribution is 0.0251. The molecule has 0 N–H and O–H groups in total. The lowest BCUT2D eigenvalue weighted by atomic mass is 9.93. The van der Waals surface area contributed by atoms with Crippen molar-refractivity contribution in [3.63, 3.8) is 0 Å². The van der Waals surface area contributed by atoms with Gasteiger partial charge in [-0.05, 0) is 29.3 Å². The predicted octanol–water partition coefficient (Wildman–Crippen LogP) is 3.57. The minimum Gasteiger partial charge on any atom is -0.456 e. The summed E-state index contributed by atoms with van der Waals surface area (Å²) in [4.78, 5) is 41.9. The molecule has 0 saturated carbocycles. The third-order valence-corrected chi connectivity index (χ3v) is 5.85. The molecule has 0 saturated heterocycles. The number of fused-ring (bicyclic) bond motifs is 2. The molecule has 0 spiro atoms. The maximum Gasteiger partial charge on any atom is 0.339 e. The molecule has 1 unspecified atom stereocenters. The highest BCUT2D eigenvalue weighted by Gasteiger charge is 2.28. The first-order chi connectivity index (χ1) is 15.1. The van der Waals surface area contributed by atoms with Crippen molar-refractivity contribution in [3.8, 4) is 0 Å². The van der Waals surface area contributed by atoms with Crippen molar-refractivity contribution in [2.24, 2.45) is 0 Å². The first-order valence-electron chi connectivity index (χ1n) is 9.60. The Kier molecular flexibility index (Phi) is 4.83. The normalized spacial score (nSPS) is 15.4. The molecule has 3 heterocycles. The van der Waals surface area contributed by atoms with E-state index >= 15 is 0 Å². The van der Waals surface area contributed by atoms with Crippen LogP contribution in [0, 0.1) is 0 Å². The minimum atomic E-state index is -0.550. The van der Waals surface area contributed by atoms with Crippen LogP contribution in [0.15, 0.2) is 71.0 Å². The molecule has 2 aromatic heterocycles. The molecule has 4 aromatic rings. The summed E-state index contributed by atoms with van der Waals surface area (Å²) in [6.45, 7) is -0.117. The third kappa shape index (κ3) is 3.73. The van der Waals surface area contributed by atoms with Crippen molar-refractivity contribution in [2.45, 2.75) is 19.1 Å². The summed E-state index contributed by atoms with van der Waals surface area (Å²) >= 11 is 1.33. The smallest absolute Gasteiger partial charge is 0.339 e. The van der Waals surface area contributed by atoms with Crippen molar-refractivity contribution in [1.82, 2.24) is 9.38 Å². The van der Waals surface area contributed by atoms with E-state index in [2.05, 4.69) is 4.98 Å². The number of esters is 2. The molecular formula is C23H16N2O5S. The number of carbonyl (C=O) groups excluding carboxylic acids is 2. The van der Waals surface area contributed by atoms with Crippen LogP contribution in [0.4, 0.5) is 0 Å². The van der Waals surface area contributed by atoms with E-state index in [-0.39, 0.29) is 12.2 Å². The Morgan fingerprint density at radius 2 is 2.00 bits per heavy atom. The summed E-state index contributed by atoms with van der Waals surface area (Å²) in [6.07, 6.45) is 1.72. The maximum atomic E-state index is 12.6. The monoisotopic (exact) mass is 432 g/mol. The molecule has 0 amide bonds. The van der Waals surface area contributed by atoms with E-state index in [0.29, 0.717) is 28.2 Å². The largest absolute Gasteiger partial charge is 0.456 e. The third-order valence-electron chi connectivity index (χ3n) is 5.09. The maximum absolute atomic E-state index is 12.6. The molecule has 0 radical (unpaired) electrons. The number of ether oxygens (including phenoxy) is 2. The van der Waals surface area contributed by atoms with Crippen LogP contribution in [0.3, 0.4) is 0 Å². The van der Waals surface area contributed by atoms with Gasteiger partial charge in [0.25, 0.3) is 5.56 Å². The Labute approximate surface area is 180 Å². The summed E-state index contributed by atoms with van der Waals surface area (Å²) in [6, 6.07) is 15.6. The molecule has 2 aromatic carbocycles. The van der Waals surface area contributed by atoms with E-state index < -0.39 is 18.0 Å². The van der Waals surface area contributed by atoms with Crippen molar-refractivity contribution in [1.29, 1.82) is 0 Å². The molecule has 154 valence electrons. The van der Waals surface area contributed by atoms with Gasteiger partial charge in [0.1, 0.15) is 12.7 Å². The zero-order chi connectivity index (χ0) is 21.4. The second-order valence-corrected chi connectivity index (χ2v) is 7.97. The second kappa shape index (κ2) is 7.81. The minimum absolute atomic E-state index is 0.117. The number of rotatable bonds is 4. The summed E-state index contributed by atoms with van der Waals surface area (Å²) < 4.78 is 12.3. The Bertz CT molecular complexity index is 1360. The fraction of sp³-hybridized carbons (Fsp3) is 0.130. The number of nitrogens with zero attached hydrogens (tertiary/aromatic N) is 2. The standard InChI is InChI=1S/C23H16N2O5S/c26-20-12-17(24-23-25(20)8-9-31-23)13-29-21(27)15-6-7-18-16(10-15)11-19(30-22(18)28)14-4-2-1-3-5-14/h1-10,12,19H,11,13H2. The van der Waals surface area contributed by atoms with Gasteiger partial charge in [0.05, 0.1) is 16.8 Å². The van der Waals surface area contributed by atoms with Crippen molar-refractivity contribution >= 4 is 28.2 Å². The molecule has 31 heavy (non-hydrogen) atoms. The fourth-order valence-corrected chi connectivity index (χ4v) is 4.30. The highest BCUT2D eigenvalue weighted by Crippen LogP contribution is 2.31. The van der Waals surface area contributed by atoms with Crippen LogP contribution in [-0.2, 0) is 22.5 Å². The molecule has 0 fully saturated rings. The quantitative estimate of drug-likeness (QED) is 0.458. The highest BCUT2D eigenvalue weighted by atomic mass is 32.1. The van der Waals surface area contributed by atoms with Crippen LogP contribution in [0.1, 0.15) is 43.6 Å². The van der Waals surface area contributed by atoms with Crippen LogP contribution in [0.5, 0.6) is 0 Å². The SMILES string of the molecule is O=C(OCc1cc(=O)n2ccsc2n1)c1ccc2c(c1)CC(c1ccccc1)OC2=O. The van der Waals surface area contributed by atoms with E-state index in [9.17, 15) is 14.4 Å².